The topological polar surface area (TPSA) is 69.2 Å². The molecule has 0 aliphatic rings. The van der Waals surface area contributed by atoms with Gasteiger partial charge in [0.2, 0.25) is 0 Å². The molecule has 0 radical (unpaired) electrons. The van der Waals surface area contributed by atoms with Crippen LogP contribution in [0.2, 0.25) is 0 Å². The number of nitrogens with two attached hydrogens (primary N) is 1. The lowest BCUT2D eigenvalue weighted by molar-refractivity contribution is 0.124. The normalized spacial score (nSPS) is 11.6. The molecule has 6 heteroatoms. The molecule has 0 aromatic carbocycles. The molecule has 0 atom stereocenters. The van der Waals surface area contributed by atoms with Crippen LogP contribution in [0, 0.1) is 0 Å². The average Bonchev–Trinajstić information content (AvgIpc) is 2.72. The Kier molecular flexibility index (Phi) is 6.10. The van der Waals surface area contributed by atoms with E-state index in [9.17, 15) is 0 Å². The van der Waals surface area contributed by atoms with Crippen molar-refractivity contribution in [2.45, 2.75) is 33.0 Å². The van der Waals surface area contributed by atoms with E-state index in [1.54, 1.807) is 11.8 Å². The summed E-state index contributed by atoms with van der Waals surface area (Å²) in [4.78, 5) is 2.31. The van der Waals surface area contributed by atoms with Crippen LogP contribution in [0.5, 0.6) is 0 Å². The van der Waals surface area contributed by atoms with Crippen molar-refractivity contribution >= 4 is 0 Å². The zero-order valence-electron chi connectivity index (χ0n) is 11.0. The van der Waals surface area contributed by atoms with Crippen LogP contribution in [0.1, 0.15) is 19.5 Å². The lowest BCUT2D eigenvalue weighted by Crippen LogP contribution is -2.33. The highest BCUT2D eigenvalue weighted by Crippen LogP contribution is 2.05. The lowest BCUT2D eigenvalue weighted by atomic mass is 10.3. The highest BCUT2D eigenvalue weighted by molar-refractivity contribution is 4.92. The Balaban J connectivity index is 2.52. The van der Waals surface area contributed by atoms with Crippen molar-refractivity contribution in [3.05, 3.63) is 11.9 Å². The van der Waals surface area contributed by atoms with Crippen LogP contribution in [-0.2, 0) is 17.8 Å². The van der Waals surface area contributed by atoms with Gasteiger partial charge in [-0.2, -0.15) is 0 Å². The highest BCUT2D eigenvalue weighted by atomic mass is 16.5. The number of hydrogen-bond donors (Lipinski definition) is 1. The summed E-state index contributed by atoms with van der Waals surface area (Å²) in [6.07, 6.45) is 1.95. The molecule has 17 heavy (non-hydrogen) atoms. The molecule has 1 rings (SSSR count). The average molecular weight is 241 g/mol. The standard InChI is InChI=1S/C11H23N5O/c1-10(2)15(6-7-17-3)8-11-9-16(5-4-12)14-13-11/h9-10H,4-8,12H2,1-3H3. The van der Waals surface area contributed by atoms with Gasteiger partial charge < -0.3 is 10.5 Å². The minimum atomic E-state index is 0.463. The Morgan fingerprint density at radius 2 is 2.29 bits per heavy atom. The molecule has 1 heterocycles. The van der Waals surface area contributed by atoms with Gasteiger partial charge in [-0.1, -0.05) is 5.21 Å². The predicted octanol–water partition coefficient (Wildman–Crippen LogP) is 0.0936. The van der Waals surface area contributed by atoms with Gasteiger partial charge >= 0.3 is 0 Å². The van der Waals surface area contributed by atoms with Gasteiger partial charge in [0.25, 0.3) is 0 Å². The third kappa shape index (κ3) is 4.80. The molecule has 0 saturated carbocycles. The van der Waals surface area contributed by atoms with E-state index < -0.39 is 0 Å². The molecule has 0 saturated heterocycles. The van der Waals surface area contributed by atoms with Gasteiger partial charge in [0.1, 0.15) is 0 Å². The molecular formula is C11H23N5O. The van der Waals surface area contributed by atoms with Crippen molar-refractivity contribution in [2.24, 2.45) is 5.73 Å². The van der Waals surface area contributed by atoms with Crippen LogP contribution < -0.4 is 5.73 Å². The quantitative estimate of drug-likeness (QED) is 0.699. The summed E-state index contributed by atoms with van der Waals surface area (Å²) in [5.41, 5.74) is 6.44. The Morgan fingerprint density at radius 3 is 2.88 bits per heavy atom. The van der Waals surface area contributed by atoms with Crippen molar-refractivity contribution in [3.63, 3.8) is 0 Å². The summed E-state index contributed by atoms with van der Waals surface area (Å²) in [6.45, 7) is 8.06. The first-order valence-corrected chi connectivity index (χ1v) is 5.99. The van der Waals surface area contributed by atoms with Crippen LogP contribution in [-0.4, -0.2) is 52.7 Å². The van der Waals surface area contributed by atoms with Gasteiger partial charge in [0, 0.05) is 39.0 Å². The predicted molar refractivity (Wildman–Crippen MR) is 66.5 cm³/mol. The van der Waals surface area contributed by atoms with E-state index in [0.717, 1.165) is 25.4 Å². The Hall–Kier alpha value is -0.980. The lowest BCUT2D eigenvalue weighted by Gasteiger charge is -2.24. The molecule has 1 aromatic heterocycles. The molecule has 0 spiro atoms. The largest absolute Gasteiger partial charge is 0.383 e. The number of methoxy groups -OCH3 is 1. The van der Waals surface area contributed by atoms with Gasteiger partial charge in [-0.05, 0) is 13.8 Å². The van der Waals surface area contributed by atoms with Crippen LogP contribution in [0.3, 0.4) is 0 Å². The van der Waals surface area contributed by atoms with E-state index in [0.29, 0.717) is 19.1 Å². The monoisotopic (exact) mass is 241 g/mol. The van der Waals surface area contributed by atoms with E-state index in [1.807, 2.05) is 6.20 Å². The number of hydrogen-bond acceptors (Lipinski definition) is 5. The first-order chi connectivity index (χ1) is 8.17. The smallest absolute Gasteiger partial charge is 0.0967 e. The fourth-order valence-corrected chi connectivity index (χ4v) is 1.59. The van der Waals surface area contributed by atoms with Crippen molar-refractivity contribution in [1.82, 2.24) is 19.9 Å². The molecule has 1 aromatic rings. The molecule has 98 valence electrons. The number of nitrogens with zero attached hydrogens (tertiary/aromatic N) is 4. The van der Waals surface area contributed by atoms with E-state index in [1.165, 1.54) is 0 Å². The first-order valence-electron chi connectivity index (χ1n) is 5.99. The Labute approximate surface area is 103 Å². The Morgan fingerprint density at radius 1 is 1.53 bits per heavy atom. The van der Waals surface area contributed by atoms with E-state index in [4.69, 9.17) is 10.5 Å². The molecule has 0 aliphatic carbocycles. The van der Waals surface area contributed by atoms with E-state index >= 15 is 0 Å². The van der Waals surface area contributed by atoms with Gasteiger partial charge in [0.05, 0.1) is 18.8 Å². The molecular weight excluding hydrogens is 218 g/mol. The van der Waals surface area contributed by atoms with E-state index in [-0.39, 0.29) is 0 Å². The van der Waals surface area contributed by atoms with Crippen molar-refractivity contribution in [3.8, 4) is 0 Å². The maximum Gasteiger partial charge on any atom is 0.0967 e. The van der Waals surface area contributed by atoms with Gasteiger partial charge in [0.15, 0.2) is 0 Å². The Bertz CT molecular complexity index is 313. The van der Waals surface area contributed by atoms with Crippen molar-refractivity contribution < 1.29 is 4.74 Å². The van der Waals surface area contributed by atoms with E-state index in [2.05, 4.69) is 29.1 Å². The fraction of sp³-hybridized carbons (Fsp3) is 0.818. The summed E-state index contributed by atoms with van der Waals surface area (Å²) in [5, 5.41) is 8.17. The minimum Gasteiger partial charge on any atom is -0.383 e. The molecule has 2 N–H and O–H groups in total. The molecule has 0 fully saturated rings. The second-order valence-electron chi connectivity index (χ2n) is 4.32. The molecule has 0 unspecified atom stereocenters. The first kappa shape index (κ1) is 14.1. The number of ether oxygens (including phenoxy) is 1. The van der Waals surface area contributed by atoms with Gasteiger partial charge in [-0.25, -0.2) is 0 Å². The summed E-state index contributed by atoms with van der Waals surface area (Å²) < 4.78 is 6.89. The van der Waals surface area contributed by atoms with Crippen molar-refractivity contribution in [2.75, 3.05) is 26.8 Å². The second-order valence-corrected chi connectivity index (χ2v) is 4.32. The van der Waals surface area contributed by atoms with Crippen LogP contribution in [0.4, 0.5) is 0 Å². The molecule has 6 nitrogen and oxygen atoms in total. The zero-order valence-corrected chi connectivity index (χ0v) is 11.0. The summed E-state index contributed by atoms with van der Waals surface area (Å²) >= 11 is 0. The molecule has 0 bridgehead atoms. The van der Waals surface area contributed by atoms with Crippen molar-refractivity contribution in [1.29, 1.82) is 0 Å². The minimum absolute atomic E-state index is 0.463. The number of aromatic nitrogens is 3. The van der Waals surface area contributed by atoms with Gasteiger partial charge in [-0.3, -0.25) is 9.58 Å². The van der Waals surface area contributed by atoms with Gasteiger partial charge in [-0.15, -0.1) is 5.10 Å². The highest BCUT2D eigenvalue weighted by Gasteiger charge is 2.11. The van der Waals surface area contributed by atoms with Crippen LogP contribution in [0.25, 0.3) is 0 Å². The van der Waals surface area contributed by atoms with Crippen LogP contribution in [0.15, 0.2) is 6.20 Å². The number of rotatable bonds is 8. The zero-order chi connectivity index (χ0) is 12.7. The summed E-state index contributed by atoms with van der Waals surface area (Å²) in [7, 11) is 1.72. The third-order valence-corrected chi connectivity index (χ3v) is 2.62. The second kappa shape index (κ2) is 7.37. The fourth-order valence-electron chi connectivity index (χ4n) is 1.59. The summed E-state index contributed by atoms with van der Waals surface area (Å²) in [5.74, 6) is 0. The maximum absolute atomic E-state index is 5.47. The molecule has 0 aliphatic heterocycles. The summed E-state index contributed by atoms with van der Waals surface area (Å²) in [6, 6.07) is 0.463. The van der Waals surface area contributed by atoms with Crippen LogP contribution >= 0.6 is 0 Å². The SMILES string of the molecule is COCCN(Cc1cn(CCN)nn1)C(C)C. The molecule has 0 amide bonds. The maximum atomic E-state index is 5.47. The third-order valence-electron chi connectivity index (χ3n) is 2.62.